The number of hydrogen-bond donors (Lipinski definition) is 3. The number of rotatable bonds is 12. The van der Waals surface area contributed by atoms with Gasteiger partial charge in [0.15, 0.2) is 0 Å². The van der Waals surface area contributed by atoms with Crippen LogP contribution in [0.2, 0.25) is 0 Å². The van der Waals surface area contributed by atoms with Gasteiger partial charge in [-0.1, -0.05) is 44.7 Å². The largest absolute Gasteiger partial charge is 0.390 e. The second kappa shape index (κ2) is 14.4. The van der Waals surface area contributed by atoms with Gasteiger partial charge in [0.1, 0.15) is 11.6 Å². The molecule has 222 valence electrons. The maximum atomic E-state index is 13.8. The Morgan fingerprint density at radius 3 is 2.48 bits per heavy atom. The maximum Gasteiger partial charge on any atom is 0.251 e. The molecule has 2 saturated heterocycles. The van der Waals surface area contributed by atoms with E-state index in [1.807, 2.05) is 29.2 Å². The van der Waals surface area contributed by atoms with E-state index in [1.165, 1.54) is 6.42 Å². The number of benzene rings is 1. The van der Waals surface area contributed by atoms with Gasteiger partial charge < -0.3 is 25.4 Å². The summed E-state index contributed by atoms with van der Waals surface area (Å²) >= 11 is 0. The molecule has 2 atom stereocenters. The average Bonchev–Trinajstić information content (AvgIpc) is 2.98. The van der Waals surface area contributed by atoms with Crippen molar-refractivity contribution in [1.82, 2.24) is 20.4 Å². The highest BCUT2D eigenvalue weighted by molar-refractivity contribution is 6.00. The summed E-state index contributed by atoms with van der Waals surface area (Å²) in [6, 6.07) is 6.83. The van der Waals surface area contributed by atoms with Crippen molar-refractivity contribution in [2.24, 2.45) is 5.92 Å². The lowest BCUT2D eigenvalue weighted by Crippen LogP contribution is -2.75. The monoisotopic (exact) mass is 556 g/mol. The molecular weight excluding hydrogens is 508 g/mol. The van der Waals surface area contributed by atoms with Gasteiger partial charge in [0.25, 0.3) is 5.91 Å². The van der Waals surface area contributed by atoms with Gasteiger partial charge in [-0.05, 0) is 62.1 Å². The van der Waals surface area contributed by atoms with Crippen LogP contribution in [-0.2, 0) is 20.9 Å². The van der Waals surface area contributed by atoms with Gasteiger partial charge in [-0.15, -0.1) is 0 Å². The van der Waals surface area contributed by atoms with Gasteiger partial charge in [0.05, 0.1) is 6.10 Å². The summed E-state index contributed by atoms with van der Waals surface area (Å²) in [6.45, 7) is 5.95. The first kappa shape index (κ1) is 30.5. The molecule has 0 aromatic heterocycles. The molecule has 3 fully saturated rings. The number of methoxy groups -OCH3 is 1. The van der Waals surface area contributed by atoms with Crippen LogP contribution < -0.4 is 10.6 Å². The van der Waals surface area contributed by atoms with Crippen molar-refractivity contribution < 1.29 is 24.2 Å². The normalized spacial score (nSPS) is 22.8. The predicted octanol–water partition coefficient (Wildman–Crippen LogP) is 2.86. The molecule has 2 unspecified atom stereocenters. The van der Waals surface area contributed by atoms with E-state index in [-0.39, 0.29) is 23.6 Å². The minimum absolute atomic E-state index is 0.0695. The van der Waals surface area contributed by atoms with Gasteiger partial charge >= 0.3 is 0 Å². The van der Waals surface area contributed by atoms with Crippen LogP contribution in [0.5, 0.6) is 0 Å². The molecule has 0 bridgehead atoms. The average molecular weight is 557 g/mol. The molecule has 9 nitrogen and oxygen atoms in total. The molecule has 1 aromatic carbocycles. The number of carbonyl (C=O) groups excluding carboxylic acids is 3. The number of aliphatic hydroxyl groups is 1. The third kappa shape index (κ3) is 7.04. The Morgan fingerprint density at radius 1 is 1.12 bits per heavy atom. The van der Waals surface area contributed by atoms with Gasteiger partial charge in [-0.3, -0.25) is 19.3 Å². The minimum atomic E-state index is -0.851. The molecule has 3 N–H and O–H groups in total. The fraction of sp³-hybridized carbons (Fsp3) is 0.710. The van der Waals surface area contributed by atoms with E-state index in [1.54, 1.807) is 7.11 Å². The van der Waals surface area contributed by atoms with Gasteiger partial charge in [-0.25, -0.2) is 0 Å². The summed E-state index contributed by atoms with van der Waals surface area (Å²) in [7, 11) is 1.65. The Kier molecular flexibility index (Phi) is 11.0. The summed E-state index contributed by atoms with van der Waals surface area (Å²) in [4.78, 5) is 44.0. The number of piperidine rings is 1. The minimum Gasteiger partial charge on any atom is -0.390 e. The van der Waals surface area contributed by atoms with Crippen molar-refractivity contribution in [2.45, 2.75) is 95.4 Å². The highest BCUT2D eigenvalue weighted by Gasteiger charge is 2.55. The van der Waals surface area contributed by atoms with E-state index in [0.717, 1.165) is 57.1 Å². The van der Waals surface area contributed by atoms with Crippen molar-refractivity contribution >= 4 is 17.7 Å². The van der Waals surface area contributed by atoms with Crippen LogP contribution in [0.3, 0.4) is 0 Å². The standard InChI is InChI=1S/C31H48N4O5/c1-3-4-18-35-29(38)26(27(36)24-9-6-5-7-10-24)33-30(39)31(35)15-19-34(20-16-31)22-23-11-13-25(14-12-23)28(37)32-17-8-21-40-2/h11-14,24,26-27,36H,3-10,15-22H2,1-2H3,(H,32,37)(H,33,39). The lowest BCUT2D eigenvalue weighted by molar-refractivity contribution is -0.166. The van der Waals surface area contributed by atoms with Gasteiger partial charge in [0.2, 0.25) is 11.8 Å². The number of amides is 3. The Hall–Kier alpha value is -2.49. The Bertz CT molecular complexity index is 986. The smallest absolute Gasteiger partial charge is 0.251 e. The molecule has 9 heteroatoms. The van der Waals surface area contributed by atoms with Crippen LogP contribution in [0.4, 0.5) is 0 Å². The van der Waals surface area contributed by atoms with Gasteiger partial charge in [0, 0.05) is 52.0 Å². The predicted molar refractivity (Wildman–Crippen MR) is 154 cm³/mol. The Labute approximate surface area is 239 Å². The van der Waals surface area contributed by atoms with Crippen molar-refractivity contribution in [3.63, 3.8) is 0 Å². The molecule has 4 rings (SSSR count). The lowest BCUT2D eigenvalue weighted by Gasteiger charge is -2.52. The molecule has 1 aliphatic carbocycles. The van der Waals surface area contributed by atoms with Gasteiger partial charge in [-0.2, -0.15) is 0 Å². The summed E-state index contributed by atoms with van der Waals surface area (Å²) < 4.78 is 5.02. The molecule has 2 aliphatic heterocycles. The zero-order chi connectivity index (χ0) is 28.5. The Balaban J connectivity index is 1.36. The summed E-state index contributed by atoms with van der Waals surface area (Å²) in [5.74, 6) is -0.242. The molecule has 3 aliphatic rings. The van der Waals surface area contributed by atoms with Crippen LogP contribution in [0.25, 0.3) is 0 Å². The molecule has 40 heavy (non-hydrogen) atoms. The number of nitrogens with one attached hydrogen (secondary N) is 2. The van der Waals surface area contributed by atoms with E-state index in [4.69, 9.17) is 4.74 Å². The highest BCUT2D eigenvalue weighted by Crippen LogP contribution is 2.36. The zero-order valence-electron chi connectivity index (χ0n) is 24.3. The molecule has 1 saturated carbocycles. The van der Waals surface area contributed by atoms with E-state index in [9.17, 15) is 19.5 Å². The van der Waals surface area contributed by atoms with Crippen LogP contribution in [0, 0.1) is 5.92 Å². The second-order valence-corrected chi connectivity index (χ2v) is 11.8. The molecule has 0 radical (unpaired) electrons. The lowest BCUT2D eigenvalue weighted by atomic mass is 9.78. The fourth-order valence-corrected chi connectivity index (χ4v) is 6.58. The fourth-order valence-electron chi connectivity index (χ4n) is 6.58. The topological polar surface area (TPSA) is 111 Å². The maximum absolute atomic E-state index is 13.8. The number of likely N-dealkylation sites (tertiary alicyclic amines) is 1. The second-order valence-electron chi connectivity index (χ2n) is 11.8. The Morgan fingerprint density at radius 2 is 1.82 bits per heavy atom. The summed E-state index contributed by atoms with van der Waals surface area (Å²) in [5.41, 5.74) is 0.887. The van der Waals surface area contributed by atoms with Crippen LogP contribution in [0.1, 0.15) is 87.1 Å². The molecule has 1 aromatic rings. The number of aliphatic hydroxyl groups excluding tert-OH is 1. The molecule has 1 spiro atoms. The number of ether oxygens (including phenoxy) is 1. The van der Waals surface area contributed by atoms with Crippen molar-refractivity contribution in [3.05, 3.63) is 35.4 Å². The number of hydrogen-bond acceptors (Lipinski definition) is 6. The zero-order valence-corrected chi connectivity index (χ0v) is 24.3. The number of piperazine rings is 1. The van der Waals surface area contributed by atoms with Crippen LogP contribution in [0.15, 0.2) is 24.3 Å². The SMILES string of the molecule is CCCCN1C(=O)C(C(O)C2CCCCC2)NC(=O)C12CCN(Cc1ccc(C(=O)NCCCOC)cc1)CC2. The molecule has 3 amide bonds. The summed E-state index contributed by atoms with van der Waals surface area (Å²) in [5, 5.41) is 17.0. The van der Waals surface area contributed by atoms with Crippen LogP contribution >= 0.6 is 0 Å². The van der Waals surface area contributed by atoms with Crippen molar-refractivity contribution in [2.75, 3.05) is 39.9 Å². The quantitative estimate of drug-likeness (QED) is 0.342. The molecular formula is C31H48N4O5. The summed E-state index contributed by atoms with van der Waals surface area (Å²) in [6.07, 6.45) is 8.00. The number of carbonyl (C=O) groups is 3. The van der Waals surface area contributed by atoms with Crippen molar-refractivity contribution in [3.8, 4) is 0 Å². The number of nitrogens with zero attached hydrogens (tertiary/aromatic N) is 2. The number of unbranched alkanes of at least 4 members (excludes halogenated alkanes) is 1. The first-order valence-electron chi connectivity index (χ1n) is 15.3. The van der Waals surface area contributed by atoms with E-state index >= 15 is 0 Å². The first-order chi connectivity index (χ1) is 19.4. The van der Waals surface area contributed by atoms with Crippen LogP contribution in [-0.4, -0.2) is 90.2 Å². The first-order valence-corrected chi connectivity index (χ1v) is 15.3. The third-order valence-electron chi connectivity index (χ3n) is 9.08. The van der Waals surface area contributed by atoms with Crippen molar-refractivity contribution in [1.29, 1.82) is 0 Å². The van der Waals surface area contributed by atoms with E-state index in [2.05, 4.69) is 22.5 Å². The van der Waals surface area contributed by atoms with E-state index in [0.29, 0.717) is 51.2 Å². The third-order valence-corrected chi connectivity index (χ3v) is 9.08. The molecule has 2 heterocycles. The van der Waals surface area contributed by atoms with E-state index < -0.39 is 17.7 Å². The highest BCUT2D eigenvalue weighted by atomic mass is 16.5.